The van der Waals surface area contributed by atoms with E-state index in [1.165, 1.54) is 16.7 Å². The first-order valence-corrected chi connectivity index (χ1v) is 7.72. The zero-order valence-electron chi connectivity index (χ0n) is 12.5. The summed E-state index contributed by atoms with van der Waals surface area (Å²) in [6.45, 7) is 9.48. The summed E-state index contributed by atoms with van der Waals surface area (Å²) in [7, 11) is 0. The Morgan fingerprint density at radius 2 is 1.90 bits per heavy atom. The van der Waals surface area contributed by atoms with Crippen molar-refractivity contribution in [3.63, 3.8) is 0 Å². The van der Waals surface area contributed by atoms with Crippen molar-refractivity contribution >= 4 is 21.7 Å². The van der Waals surface area contributed by atoms with Crippen molar-refractivity contribution in [2.24, 2.45) is 0 Å². The predicted molar refractivity (Wildman–Crippen MR) is 89.3 cm³/mol. The van der Waals surface area contributed by atoms with Gasteiger partial charge in [0.05, 0.1) is 0 Å². The fourth-order valence-electron chi connectivity index (χ4n) is 2.15. The molecule has 0 aliphatic rings. The molecule has 0 aliphatic carbocycles. The summed E-state index contributed by atoms with van der Waals surface area (Å²) < 4.78 is 1.01. The SMILES string of the molecule is Cc1ccc(C(C)C)cc1CNc1ncc(Br)cc1C. The molecule has 3 heteroatoms. The van der Waals surface area contributed by atoms with Gasteiger partial charge in [-0.05, 0) is 64.0 Å². The highest BCUT2D eigenvalue weighted by Crippen LogP contribution is 2.21. The van der Waals surface area contributed by atoms with Gasteiger partial charge in [0.25, 0.3) is 0 Å². The van der Waals surface area contributed by atoms with E-state index in [-0.39, 0.29) is 0 Å². The third-order valence-electron chi connectivity index (χ3n) is 3.53. The predicted octanol–water partition coefficient (Wildman–Crippen LogP) is 5.20. The van der Waals surface area contributed by atoms with Crippen molar-refractivity contribution < 1.29 is 0 Å². The van der Waals surface area contributed by atoms with Gasteiger partial charge < -0.3 is 5.32 Å². The van der Waals surface area contributed by atoms with Gasteiger partial charge in [-0.25, -0.2) is 4.98 Å². The molecular weight excluding hydrogens is 312 g/mol. The second-order valence-electron chi connectivity index (χ2n) is 5.51. The second-order valence-corrected chi connectivity index (χ2v) is 6.43. The van der Waals surface area contributed by atoms with Crippen LogP contribution in [0, 0.1) is 13.8 Å². The van der Waals surface area contributed by atoms with Gasteiger partial charge in [0, 0.05) is 17.2 Å². The number of aromatic nitrogens is 1. The van der Waals surface area contributed by atoms with Crippen molar-refractivity contribution in [3.8, 4) is 0 Å². The lowest BCUT2D eigenvalue weighted by molar-refractivity contribution is 0.861. The van der Waals surface area contributed by atoms with E-state index in [2.05, 4.69) is 78.2 Å². The van der Waals surface area contributed by atoms with E-state index in [4.69, 9.17) is 0 Å². The fraction of sp³-hybridized carbons (Fsp3) is 0.353. The van der Waals surface area contributed by atoms with Gasteiger partial charge in [-0.15, -0.1) is 0 Å². The van der Waals surface area contributed by atoms with Crippen LogP contribution in [0.4, 0.5) is 5.82 Å². The Morgan fingerprint density at radius 1 is 1.15 bits per heavy atom. The number of hydrogen-bond donors (Lipinski definition) is 1. The van der Waals surface area contributed by atoms with Gasteiger partial charge in [0.15, 0.2) is 0 Å². The Labute approximate surface area is 129 Å². The molecule has 1 aromatic heterocycles. The number of halogens is 1. The smallest absolute Gasteiger partial charge is 0.129 e. The Hall–Kier alpha value is -1.35. The normalized spacial score (nSPS) is 10.9. The van der Waals surface area contributed by atoms with Crippen LogP contribution in [0.25, 0.3) is 0 Å². The number of benzene rings is 1. The molecule has 0 aliphatic heterocycles. The van der Waals surface area contributed by atoms with Gasteiger partial charge in [0.2, 0.25) is 0 Å². The fourth-order valence-corrected chi connectivity index (χ4v) is 2.59. The van der Waals surface area contributed by atoms with E-state index in [0.717, 1.165) is 22.4 Å². The quantitative estimate of drug-likeness (QED) is 0.832. The average Bonchev–Trinajstić information content (AvgIpc) is 2.39. The molecule has 1 heterocycles. The lowest BCUT2D eigenvalue weighted by atomic mass is 9.98. The zero-order chi connectivity index (χ0) is 14.7. The maximum Gasteiger partial charge on any atom is 0.129 e. The summed E-state index contributed by atoms with van der Waals surface area (Å²) in [5.41, 5.74) is 5.18. The minimum Gasteiger partial charge on any atom is -0.366 e. The van der Waals surface area contributed by atoms with E-state index < -0.39 is 0 Å². The molecule has 106 valence electrons. The monoisotopic (exact) mass is 332 g/mol. The molecule has 0 bridgehead atoms. The number of anilines is 1. The van der Waals surface area contributed by atoms with Crippen LogP contribution in [0.1, 0.15) is 42.0 Å². The van der Waals surface area contributed by atoms with Crippen LogP contribution in [0.5, 0.6) is 0 Å². The number of pyridine rings is 1. The van der Waals surface area contributed by atoms with Crippen LogP contribution in [0.2, 0.25) is 0 Å². The summed E-state index contributed by atoms with van der Waals surface area (Å²) >= 11 is 3.44. The molecule has 0 saturated carbocycles. The number of rotatable bonds is 4. The third-order valence-corrected chi connectivity index (χ3v) is 3.96. The first-order valence-electron chi connectivity index (χ1n) is 6.93. The summed E-state index contributed by atoms with van der Waals surface area (Å²) in [5.74, 6) is 1.50. The van der Waals surface area contributed by atoms with Gasteiger partial charge in [-0.1, -0.05) is 32.0 Å². The topological polar surface area (TPSA) is 24.9 Å². The van der Waals surface area contributed by atoms with Crippen molar-refractivity contribution in [1.29, 1.82) is 0 Å². The maximum atomic E-state index is 4.42. The minimum atomic E-state index is 0.557. The Balaban J connectivity index is 2.16. The van der Waals surface area contributed by atoms with E-state index in [1.54, 1.807) is 0 Å². The molecule has 0 atom stereocenters. The standard InChI is InChI=1S/C17H21BrN2/c1-11(2)14-6-5-12(3)15(8-14)9-19-17-13(4)7-16(18)10-20-17/h5-8,10-11H,9H2,1-4H3,(H,19,20). The molecule has 0 saturated heterocycles. The van der Waals surface area contributed by atoms with Gasteiger partial charge >= 0.3 is 0 Å². The molecule has 0 radical (unpaired) electrons. The highest BCUT2D eigenvalue weighted by molar-refractivity contribution is 9.10. The largest absolute Gasteiger partial charge is 0.366 e. The van der Waals surface area contributed by atoms with Crippen LogP contribution in [-0.4, -0.2) is 4.98 Å². The van der Waals surface area contributed by atoms with Crippen molar-refractivity contribution in [2.45, 2.75) is 40.2 Å². The lowest BCUT2D eigenvalue weighted by Gasteiger charge is -2.13. The molecule has 0 unspecified atom stereocenters. The first kappa shape index (κ1) is 15.0. The van der Waals surface area contributed by atoms with Crippen molar-refractivity contribution in [1.82, 2.24) is 4.98 Å². The molecule has 2 rings (SSSR count). The average molecular weight is 333 g/mol. The molecule has 0 spiro atoms. The molecule has 2 aromatic rings. The van der Waals surface area contributed by atoms with Crippen LogP contribution in [0.15, 0.2) is 34.9 Å². The summed E-state index contributed by atoms with van der Waals surface area (Å²) in [4.78, 5) is 4.42. The van der Waals surface area contributed by atoms with Crippen LogP contribution in [0.3, 0.4) is 0 Å². The molecule has 2 nitrogen and oxygen atoms in total. The molecule has 1 N–H and O–H groups in total. The summed E-state index contributed by atoms with van der Waals surface area (Å²) in [6, 6.07) is 8.79. The third kappa shape index (κ3) is 3.60. The second kappa shape index (κ2) is 6.40. The Morgan fingerprint density at radius 3 is 2.55 bits per heavy atom. The van der Waals surface area contributed by atoms with E-state index in [9.17, 15) is 0 Å². The molecule has 0 fully saturated rings. The van der Waals surface area contributed by atoms with Crippen LogP contribution < -0.4 is 5.32 Å². The maximum absolute atomic E-state index is 4.42. The summed E-state index contributed by atoms with van der Waals surface area (Å²) in [6.07, 6.45) is 1.83. The molecule has 0 amide bonds. The van der Waals surface area contributed by atoms with Crippen LogP contribution >= 0.6 is 15.9 Å². The minimum absolute atomic E-state index is 0.557. The van der Waals surface area contributed by atoms with Crippen LogP contribution in [-0.2, 0) is 6.54 Å². The van der Waals surface area contributed by atoms with E-state index in [1.807, 2.05) is 6.20 Å². The lowest BCUT2D eigenvalue weighted by Crippen LogP contribution is -2.05. The zero-order valence-corrected chi connectivity index (χ0v) is 14.1. The van der Waals surface area contributed by atoms with E-state index >= 15 is 0 Å². The number of nitrogens with zero attached hydrogens (tertiary/aromatic N) is 1. The highest BCUT2D eigenvalue weighted by Gasteiger charge is 2.05. The van der Waals surface area contributed by atoms with Gasteiger partial charge in [-0.3, -0.25) is 0 Å². The Bertz CT molecular complexity index is 606. The van der Waals surface area contributed by atoms with E-state index in [0.29, 0.717) is 5.92 Å². The Kier molecular flexibility index (Phi) is 4.81. The summed E-state index contributed by atoms with van der Waals surface area (Å²) in [5, 5.41) is 3.43. The van der Waals surface area contributed by atoms with Gasteiger partial charge in [0.1, 0.15) is 5.82 Å². The number of aryl methyl sites for hydroxylation is 2. The molecular formula is C17H21BrN2. The van der Waals surface area contributed by atoms with Gasteiger partial charge in [-0.2, -0.15) is 0 Å². The number of hydrogen-bond acceptors (Lipinski definition) is 2. The first-order chi connectivity index (χ1) is 9.47. The van der Waals surface area contributed by atoms with Crippen molar-refractivity contribution in [2.75, 3.05) is 5.32 Å². The number of nitrogens with one attached hydrogen (secondary N) is 1. The highest BCUT2D eigenvalue weighted by atomic mass is 79.9. The van der Waals surface area contributed by atoms with Crippen molar-refractivity contribution in [3.05, 3.63) is 57.2 Å². The molecule has 20 heavy (non-hydrogen) atoms. The molecule has 1 aromatic carbocycles.